The predicted octanol–water partition coefficient (Wildman–Crippen LogP) is -0.122. The van der Waals surface area contributed by atoms with Crippen LogP contribution in [0.25, 0.3) is 0 Å². The molecule has 1 fully saturated rings. The van der Waals surface area contributed by atoms with Crippen molar-refractivity contribution in [2.45, 2.75) is 51.1 Å². The number of nitrogens with two attached hydrogens (primary N) is 1. The van der Waals surface area contributed by atoms with E-state index < -0.39 is 15.7 Å². The second-order valence-corrected chi connectivity index (χ2v) is 6.10. The zero-order chi connectivity index (χ0) is 13.1. The van der Waals surface area contributed by atoms with Crippen LogP contribution in [0.5, 0.6) is 0 Å². The van der Waals surface area contributed by atoms with E-state index in [1.165, 1.54) is 0 Å². The van der Waals surface area contributed by atoms with Crippen LogP contribution < -0.4 is 15.2 Å². The molecule has 0 aliphatic heterocycles. The van der Waals surface area contributed by atoms with E-state index in [1.54, 1.807) is 13.8 Å². The van der Waals surface area contributed by atoms with Crippen molar-refractivity contribution in [3.8, 4) is 0 Å². The smallest absolute Gasteiger partial charge is 0.278 e. The van der Waals surface area contributed by atoms with Gasteiger partial charge in [-0.1, -0.05) is 18.0 Å². The minimum Gasteiger partial charge on any atom is -0.409 e. The van der Waals surface area contributed by atoms with E-state index in [0.29, 0.717) is 12.8 Å². The Labute approximate surface area is 102 Å². The first-order valence-corrected chi connectivity index (χ1v) is 7.09. The van der Waals surface area contributed by atoms with Gasteiger partial charge in [-0.3, -0.25) is 0 Å². The summed E-state index contributed by atoms with van der Waals surface area (Å²) in [5, 5.41) is 11.7. The molecule has 8 heteroatoms. The highest BCUT2D eigenvalue weighted by molar-refractivity contribution is 7.87. The molecular formula is C9H20N4O3S. The van der Waals surface area contributed by atoms with Crippen LogP contribution in [0.1, 0.15) is 39.5 Å². The Morgan fingerprint density at radius 2 is 1.94 bits per heavy atom. The summed E-state index contributed by atoms with van der Waals surface area (Å²) in [5.74, 6) is -0.0795. The van der Waals surface area contributed by atoms with Crippen molar-refractivity contribution in [2.24, 2.45) is 10.9 Å². The maximum absolute atomic E-state index is 11.8. The zero-order valence-electron chi connectivity index (χ0n) is 10.1. The topological polar surface area (TPSA) is 117 Å². The zero-order valence-corrected chi connectivity index (χ0v) is 10.9. The van der Waals surface area contributed by atoms with Crippen LogP contribution in [0.4, 0.5) is 0 Å². The van der Waals surface area contributed by atoms with E-state index in [-0.39, 0.29) is 11.9 Å². The number of hydrogen-bond acceptors (Lipinski definition) is 4. The van der Waals surface area contributed by atoms with Crippen LogP contribution in [0.3, 0.4) is 0 Å². The molecule has 1 aliphatic rings. The molecule has 17 heavy (non-hydrogen) atoms. The minimum atomic E-state index is -3.65. The standard InChI is InChI=1S/C9H20N4O3S/c1-7(2)12-17(15,16)13-9(8(10)11-14)5-3-4-6-9/h7,12-14H,3-6H2,1-2H3,(H2,10,11). The quantitative estimate of drug-likeness (QED) is 0.240. The molecule has 0 radical (unpaired) electrons. The van der Waals surface area contributed by atoms with Crippen LogP contribution >= 0.6 is 0 Å². The molecule has 5 N–H and O–H groups in total. The number of nitrogens with one attached hydrogen (secondary N) is 2. The number of nitrogens with zero attached hydrogens (tertiary/aromatic N) is 1. The third-order valence-corrected chi connectivity index (χ3v) is 4.22. The fourth-order valence-electron chi connectivity index (χ4n) is 2.08. The summed E-state index contributed by atoms with van der Waals surface area (Å²) >= 11 is 0. The van der Waals surface area contributed by atoms with Crippen LogP contribution in [-0.4, -0.2) is 31.0 Å². The molecule has 0 aromatic rings. The number of hydrogen-bond donors (Lipinski definition) is 4. The first-order chi connectivity index (χ1) is 7.81. The van der Waals surface area contributed by atoms with Crippen LogP contribution in [0.2, 0.25) is 0 Å². The molecule has 0 aromatic carbocycles. The van der Waals surface area contributed by atoms with Crippen molar-refractivity contribution in [2.75, 3.05) is 0 Å². The van der Waals surface area contributed by atoms with Crippen LogP contribution in [0, 0.1) is 0 Å². The molecule has 0 saturated heterocycles. The summed E-state index contributed by atoms with van der Waals surface area (Å²) in [7, 11) is -3.65. The summed E-state index contributed by atoms with van der Waals surface area (Å²) in [4.78, 5) is 0. The Balaban J connectivity index is 2.89. The highest BCUT2D eigenvalue weighted by Crippen LogP contribution is 2.30. The molecule has 0 unspecified atom stereocenters. The molecule has 0 atom stereocenters. The molecule has 0 bridgehead atoms. The minimum absolute atomic E-state index is 0.0795. The molecule has 0 spiro atoms. The molecule has 1 saturated carbocycles. The molecule has 0 aromatic heterocycles. The Morgan fingerprint density at radius 3 is 2.35 bits per heavy atom. The monoisotopic (exact) mass is 264 g/mol. The lowest BCUT2D eigenvalue weighted by atomic mass is 9.98. The second kappa shape index (κ2) is 5.19. The van der Waals surface area contributed by atoms with Crippen LogP contribution in [-0.2, 0) is 10.2 Å². The van der Waals surface area contributed by atoms with Gasteiger partial charge in [-0.2, -0.15) is 17.9 Å². The molecule has 1 rings (SSSR count). The van der Waals surface area contributed by atoms with Gasteiger partial charge in [0.05, 0.1) is 5.54 Å². The van der Waals surface area contributed by atoms with Gasteiger partial charge in [0.1, 0.15) is 0 Å². The highest BCUT2D eigenvalue weighted by atomic mass is 32.2. The van der Waals surface area contributed by atoms with Gasteiger partial charge in [0, 0.05) is 6.04 Å². The molecule has 7 nitrogen and oxygen atoms in total. The number of amidine groups is 1. The summed E-state index contributed by atoms with van der Waals surface area (Å²) in [6, 6.07) is -0.210. The SMILES string of the molecule is CC(C)NS(=O)(=O)NC1(C(N)=NO)CCCC1. The molecule has 0 heterocycles. The van der Waals surface area contributed by atoms with Gasteiger partial charge in [0.15, 0.2) is 5.84 Å². The van der Waals surface area contributed by atoms with E-state index in [2.05, 4.69) is 14.6 Å². The van der Waals surface area contributed by atoms with Crippen molar-refractivity contribution < 1.29 is 13.6 Å². The summed E-state index contributed by atoms with van der Waals surface area (Å²) in [5.41, 5.74) is 4.65. The first-order valence-electron chi connectivity index (χ1n) is 5.60. The van der Waals surface area contributed by atoms with Crippen molar-refractivity contribution in [3.05, 3.63) is 0 Å². The second-order valence-electron chi connectivity index (χ2n) is 4.65. The summed E-state index contributed by atoms with van der Waals surface area (Å²) in [6.45, 7) is 3.45. The lowest BCUT2D eigenvalue weighted by molar-refractivity contribution is 0.309. The maximum Gasteiger partial charge on any atom is 0.278 e. The van der Waals surface area contributed by atoms with Gasteiger partial charge in [-0.25, -0.2) is 0 Å². The highest BCUT2D eigenvalue weighted by Gasteiger charge is 2.41. The normalized spacial score (nSPS) is 21.0. The van der Waals surface area contributed by atoms with E-state index in [0.717, 1.165) is 12.8 Å². The predicted molar refractivity (Wildman–Crippen MR) is 64.9 cm³/mol. The Bertz CT molecular complexity index is 385. The van der Waals surface area contributed by atoms with Crippen molar-refractivity contribution in [1.82, 2.24) is 9.44 Å². The number of rotatable bonds is 5. The third-order valence-electron chi connectivity index (χ3n) is 2.78. The summed E-state index contributed by atoms with van der Waals surface area (Å²) < 4.78 is 28.5. The lowest BCUT2D eigenvalue weighted by Crippen LogP contribution is -2.58. The molecule has 0 amide bonds. The Kier molecular flexibility index (Phi) is 4.34. The first kappa shape index (κ1) is 14.2. The molecule has 1 aliphatic carbocycles. The largest absolute Gasteiger partial charge is 0.409 e. The van der Waals surface area contributed by atoms with Crippen molar-refractivity contribution in [3.63, 3.8) is 0 Å². The van der Waals surface area contributed by atoms with Crippen LogP contribution in [0.15, 0.2) is 5.16 Å². The lowest BCUT2D eigenvalue weighted by Gasteiger charge is -2.28. The van der Waals surface area contributed by atoms with Gasteiger partial charge >= 0.3 is 0 Å². The van der Waals surface area contributed by atoms with Gasteiger partial charge in [0.25, 0.3) is 10.2 Å². The fourth-order valence-corrected chi connectivity index (χ4v) is 3.58. The molecule has 100 valence electrons. The maximum atomic E-state index is 11.8. The van der Waals surface area contributed by atoms with E-state index in [4.69, 9.17) is 10.9 Å². The summed E-state index contributed by atoms with van der Waals surface area (Å²) in [6.07, 6.45) is 2.78. The van der Waals surface area contributed by atoms with Crippen molar-refractivity contribution >= 4 is 16.0 Å². The third kappa shape index (κ3) is 3.55. The van der Waals surface area contributed by atoms with Gasteiger partial charge in [-0.15, -0.1) is 0 Å². The average Bonchev–Trinajstić information content (AvgIpc) is 2.63. The van der Waals surface area contributed by atoms with Gasteiger partial charge < -0.3 is 10.9 Å². The van der Waals surface area contributed by atoms with Gasteiger partial charge in [-0.05, 0) is 26.7 Å². The fraction of sp³-hybridized carbons (Fsp3) is 0.889. The van der Waals surface area contributed by atoms with Crippen molar-refractivity contribution in [1.29, 1.82) is 0 Å². The van der Waals surface area contributed by atoms with E-state index in [1.807, 2.05) is 0 Å². The van der Waals surface area contributed by atoms with Gasteiger partial charge in [0.2, 0.25) is 0 Å². The Morgan fingerprint density at radius 1 is 1.41 bits per heavy atom. The van der Waals surface area contributed by atoms with E-state index in [9.17, 15) is 8.42 Å². The number of oxime groups is 1. The Hall–Kier alpha value is -0.860. The molecular weight excluding hydrogens is 244 g/mol. The van der Waals surface area contributed by atoms with E-state index >= 15 is 0 Å². The average molecular weight is 264 g/mol.